The van der Waals surface area contributed by atoms with Crippen molar-refractivity contribution in [2.45, 2.75) is 44.8 Å². The van der Waals surface area contributed by atoms with Gasteiger partial charge in [0.2, 0.25) is 5.95 Å². The highest BCUT2D eigenvalue weighted by Gasteiger charge is 2.21. The molecule has 21 heavy (non-hydrogen) atoms. The molecule has 0 aliphatic heterocycles. The predicted molar refractivity (Wildman–Crippen MR) is 79.7 cm³/mol. The van der Waals surface area contributed by atoms with E-state index in [-0.39, 0.29) is 18.1 Å². The number of carboxylic acid groups (broad SMARTS) is 1. The van der Waals surface area contributed by atoms with Crippen molar-refractivity contribution in [3.8, 4) is 0 Å². The number of nitrogen functional groups attached to an aromatic ring is 1. The summed E-state index contributed by atoms with van der Waals surface area (Å²) in [6.45, 7) is 1.76. The Balaban J connectivity index is 2.22. The lowest BCUT2D eigenvalue weighted by molar-refractivity contribution is -0.131. The van der Waals surface area contributed by atoms with E-state index in [0.717, 1.165) is 31.8 Å². The molecule has 1 saturated carbocycles. The Kier molecular flexibility index (Phi) is 4.74. The minimum atomic E-state index is -1.03. The van der Waals surface area contributed by atoms with Crippen LogP contribution in [0.4, 0.5) is 11.8 Å². The molecule has 0 unspecified atom stereocenters. The van der Waals surface area contributed by atoms with Crippen molar-refractivity contribution in [3.63, 3.8) is 0 Å². The average Bonchev–Trinajstić information content (AvgIpc) is 2.40. The van der Waals surface area contributed by atoms with Crippen molar-refractivity contribution in [2.75, 3.05) is 11.1 Å². The number of nitrogens with zero attached hydrogens (tertiary/aromatic N) is 2. The summed E-state index contributed by atoms with van der Waals surface area (Å²) in [4.78, 5) is 18.9. The van der Waals surface area contributed by atoms with Crippen LogP contribution in [0.3, 0.4) is 0 Å². The van der Waals surface area contributed by atoms with Crippen LogP contribution in [0.2, 0.25) is 0 Å². The third-order valence-corrected chi connectivity index (χ3v) is 3.58. The SMILES string of the molecule is Cc1nc(N)nc(NC2CCC(O)CC2)c1/C=C/C(=O)O. The second kappa shape index (κ2) is 6.53. The van der Waals surface area contributed by atoms with Gasteiger partial charge < -0.3 is 21.3 Å². The number of aromatic nitrogens is 2. The number of aryl methyl sites for hydroxylation is 1. The minimum Gasteiger partial charge on any atom is -0.478 e. The highest BCUT2D eigenvalue weighted by Crippen LogP contribution is 2.25. The van der Waals surface area contributed by atoms with Gasteiger partial charge in [-0.2, -0.15) is 4.98 Å². The Labute approximate surface area is 122 Å². The molecule has 0 bridgehead atoms. The van der Waals surface area contributed by atoms with E-state index in [0.29, 0.717) is 17.1 Å². The smallest absolute Gasteiger partial charge is 0.328 e. The number of nitrogens with one attached hydrogen (secondary N) is 1. The molecule has 114 valence electrons. The summed E-state index contributed by atoms with van der Waals surface area (Å²) in [5.41, 5.74) is 6.92. The molecular formula is C14H20N4O3. The third-order valence-electron chi connectivity index (χ3n) is 3.58. The maximum atomic E-state index is 10.7. The number of rotatable bonds is 4. The van der Waals surface area contributed by atoms with E-state index in [1.165, 1.54) is 6.08 Å². The topological polar surface area (TPSA) is 121 Å². The zero-order valence-corrected chi connectivity index (χ0v) is 11.9. The number of carbonyl (C=O) groups is 1. The van der Waals surface area contributed by atoms with E-state index in [9.17, 15) is 9.90 Å². The molecule has 0 aromatic carbocycles. The van der Waals surface area contributed by atoms with Crippen molar-refractivity contribution in [2.24, 2.45) is 0 Å². The fraction of sp³-hybridized carbons (Fsp3) is 0.500. The van der Waals surface area contributed by atoms with Crippen LogP contribution in [-0.4, -0.2) is 38.3 Å². The summed E-state index contributed by atoms with van der Waals surface area (Å²) in [7, 11) is 0. The second-order valence-corrected chi connectivity index (χ2v) is 5.25. The lowest BCUT2D eigenvalue weighted by Gasteiger charge is -2.27. The molecule has 1 fully saturated rings. The normalized spacial score (nSPS) is 22.4. The van der Waals surface area contributed by atoms with Gasteiger partial charge in [-0.3, -0.25) is 0 Å². The van der Waals surface area contributed by atoms with Crippen molar-refractivity contribution in [1.29, 1.82) is 0 Å². The number of nitrogens with two attached hydrogens (primary N) is 1. The van der Waals surface area contributed by atoms with Crippen LogP contribution in [0.5, 0.6) is 0 Å². The quantitative estimate of drug-likeness (QED) is 0.615. The molecule has 0 atom stereocenters. The summed E-state index contributed by atoms with van der Waals surface area (Å²) in [6, 6.07) is 0.194. The highest BCUT2D eigenvalue weighted by atomic mass is 16.4. The van der Waals surface area contributed by atoms with Crippen molar-refractivity contribution >= 4 is 23.8 Å². The van der Waals surface area contributed by atoms with E-state index in [2.05, 4.69) is 15.3 Å². The molecule has 0 amide bonds. The number of aliphatic hydroxyl groups excluding tert-OH is 1. The number of hydrogen-bond acceptors (Lipinski definition) is 6. The van der Waals surface area contributed by atoms with E-state index >= 15 is 0 Å². The molecule has 0 spiro atoms. The Morgan fingerprint density at radius 3 is 2.62 bits per heavy atom. The van der Waals surface area contributed by atoms with Gasteiger partial charge in [0.05, 0.1) is 11.8 Å². The number of hydrogen-bond donors (Lipinski definition) is 4. The standard InChI is InChI=1S/C14H20N4O3/c1-8-11(6-7-12(20)21)13(18-14(15)16-8)17-9-2-4-10(19)5-3-9/h6-7,9-10,19H,2-5H2,1H3,(H,20,21)(H3,15,16,17,18)/b7-6+. The minimum absolute atomic E-state index is 0.151. The van der Waals surface area contributed by atoms with Gasteiger partial charge in [0.25, 0.3) is 0 Å². The summed E-state index contributed by atoms with van der Waals surface area (Å²) in [6.07, 6.45) is 5.47. The van der Waals surface area contributed by atoms with Crippen LogP contribution in [0.1, 0.15) is 36.9 Å². The molecule has 1 aliphatic rings. The molecule has 5 N–H and O–H groups in total. The number of carboxylic acids is 1. The molecule has 1 heterocycles. The molecule has 2 rings (SSSR count). The fourth-order valence-electron chi connectivity index (χ4n) is 2.48. The van der Waals surface area contributed by atoms with E-state index in [4.69, 9.17) is 10.8 Å². The summed E-state index contributed by atoms with van der Waals surface area (Å²) in [5, 5.41) is 21.6. The molecule has 1 aromatic rings. The molecule has 7 heteroatoms. The Bertz CT molecular complexity index is 551. The van der Waals surface area contributed by atoms with Gasteiger partial charge in [-0.25, -0.2) is 9.78 Å². The van der Waals surface area contributed by atoms with Gasteiger partial charge in [0, 0.05) is 17.7 Å². The Morgan fingerprint density at radius 2 is 2.00 bits per heavy atom. The number of anilines is 2. The van der Waals surface area contributed by atoms with Crippen molar-refractivity contribution in [3.05, 3.63) is 17.3 Å². The van der Waals surface area contributed by atoms with Crippen molar-refractivity contribution in [1.82, 2.24) is 9.97 Å². The number of aliphatic carboxylic acids is 1. The van der Waals surface area contributed by atoms with Crippen LogP contribution in [0.25, 0.3) is 6.08 Å². The lowest BCUT2D eigenvalue weighted by atomic mass is 9.93. The van der Waals surface area contributed by atoms with Gasteiger partial charge in [-0.05, 0) is 38.7 Å². The largest absolute Gasteiger partial charge is 0.478 e. The lowest BCUT2D eigenvalue weighted by Crippen LogP contribution is -2.29. The zero-order valence-electron chi connectivity index (χ0n) is 11.9. The van der Waals surface area contributed by atoms with Gasteiger partial charge in [0.1, 0.15) is 5.82 Å². The van der Waals surface area contributed by atoms with Gasteiger partial charge in [-0.1, -0.05) is 0 Å². The molecule has 0 saturated heterocycles. The highest BCUT2D eigenvalue weighted by molar-refractivity contribution is 5.86. The fourth-order valence-corrected chi connectivity index (χ4v) is 2.48. The van der Waals surface area contributed by atoms with Crippen LogP contribution in [-0.2, 0) is 4.79 Å². The summed E-state index contributed by atoms with van der Waals surface area (Å²) < 4.78 is 0. The Hall–Kier alpha value is -2.15. The molecule has 1 aromatic heterocycles. The van der Waals surface area contributed by atoms with Gasteiger partial charge in [0.15, 0.2) is 0 Å². The maximum absolute atomic E-state index is 10.7. The molecule has 0 radical (unpaired) electrons. The van der Waals surface area contributed by atoms with Crippen LogP contribution in [0.15, 0.2) is 6.08 Å². The second-order valence-electron chi connectivity index (χ2n) is 5.25. The Morgan fingerprint density at radius 1 is 1.33 bits per heavy atom. The first-order valence-electron chi connectivity index (χ1n) is 6.95. The first-order valence-corrected chi connectivity index (χ1v) is 6.95. The molecular weight excluding hydrogens is 272 g/mol. The van der Waals surface area contributed by atoms with Crippen LogP contribution < -0.4 is 11.1 Å². The van der Waals surface area contributed by atoms with E-state index < -0.39 is 5.97 Å². The first-order chi connectivity index (χ1) is 9.95. The van der Waals surface area contributed by atoms with Crippen LogP contribution in [0, 0.1) is 6.92 Å². The molecule has 1 aliphatic carbocycles. The zero-order chi connectivity index (χ0) is 15.4. The van der Waals surface area contributed by atoms with Gasteiger partial charge >= 0.3 is 5.97 Å². The van der Waals surface area contributed by atoms with Crippen LogP contribution >= 0.6 is 0 Å². The monoisotopic (exact) mass is 292 g/mol. The summed E-state index contributed by atoms with van der Waals surface area (Å²) >= 11 is 0. The van der Waals surface area contributed by atoms with Crippen molar-refractivity contribution < 1.29 is 15.0 Å². The first kappa shape index (κ1) is 15.2. The van der Waals surface area contributed by atoms with E-state index in [1.807, 2.05) is 0 Å². The van der Waals surface area contributed by atoms with Gasteiger partial charge in [-0.15, -0.1) is 0 Å². The predicted octanol–water partition coefficient (Wildman–Crippen LogP) is 1.18. The van der Waals surface area contributed by atoms with E-state index in [1.54, 1.807) is 6.92 Å². The number of aliphatic hydroxyl groups is 1. The molecule has 7 nitrogen and oxygen atoms in total. The maximum Gasteiger partial charge on any atom is 0.328 e. The average molecular weight is 292 g/mol. The third kappa shape index (κ3) is 4.16. The summed E-state index contributed by atoms with van der Waals surface area (Å²) in [5.74, 6) is -0.338.